The zero-order chi connectivity index (χ0) is 15.6. The van der Waals surface area contributed by atoms with Crippen LogP contribution in [0.3, 0.4) is 0 Å². The van der Waals surface area contributed by atoms with Crippen molar-refractivity contribution in [2.45, 2.75) is 24.5 Å². The molecule has 1 atom stereocenters. The van der Waals surface area contributed by atoms with Crippen LogP contribution in [-0.2, 0) is 10.0 Å². The second-order valence-electron chi connectivity index (χ2n) is 4.69. The standard InChI is InChI=1S/C12H15F3N2O3S/c1-8-7-17(5-4-16-8)21(18,19)9-2-3-11(10(13)6-9)20-12(14)15/h2-3,6,8,12,16H,4-5,7H2,1H3/t8-/m0/s1. The predicted octanol–water partition coefficient (Wildman–Crippen LogP) is 1.41. The van der Waals surface area contributed by atoms with Crippen molar-refractivity contribution in [1.82, 2.24) is 9.62 Å². The first-order valence-electron chi connectivity index (χ1n) is 6.28. The molecule has 0 aliphatic carbocycles. The van der Waals surface area contributed by atoms with Crippen molar-refractivity contribution in [1.29, 1.82) is 0 Å². The fourth-order valence-electron chi connectivity index (χ4n) is 2.10. The maximum absolute atomic E-state index is 13.6. The van der Waals surface area contributed by atoms with E-state index in [1.807, 2.05) is 6.92 Å². The summed E-state index contributed by atoms with van der Waals surface area (Å²) in [5, 5.41) is 3.09. The van der Waals surface area contributed by atoms with Crippen molar-refractivity contribution in [2.24, 2.45) is 0 Å². The molecule has 0 amide bonds. The van der Waals surface area contributed by atoms with Crippen LogP contribution < -0.4 is 10.1 Å². The number of halogens is 3. The Morgan fingerprint density at radius 1 is 1.43 bits per heavy atom. The average molecular weight is 324 g/mol. The molecule has 0 saturated carbocycles. The lowest BCUT2D eigenvalue weighted by Crippen LogP contribution is -2.51. The van der Waals surface area contributed by atoms with E-state index in [1.54, 1.807) is 0 Å². The Kier molecular flexibility index (Phi) is 4.74. The first-order chi connectivity index (χ1) is 9.80. The Labute approximate surface area is 120 Å². The molecule has 1 aliphatic heterocycles. The lowest BCUT2D eigenvalue weighted by Gasteiger charge is -2.31. The van der Waals surface area contributed by atoms with Crippen LogP contribution in [0.15, 0.2) is 23.1 Å². The van der Waals surface area contributed by atoms with E-state index >= 15 is 0 Å². The van der Waals surface area contributed by atoms with Gasteiger partial charge in [-0.2, -0.15) is 13.1 Å². The average Bonchev–Trinajstić information content (AvgIpc) is 2.40. The largest absolute Gasteiger partial charge is 0.432 e. The van der Waals surface area contributed by atoms with E-state index in [-0.39, 0.29) is 24.0 Å². The van der Waals surface area contributed by atoms with Gasteiger partial charge in [0.25, 0.3) is 0 Å². The highest BCUT2D eigenvalue weighted by Gasteiger charge is 2.29. The Morgan fingerprint density at radius 2 is 2.14 bits per heavy atom. The summed E-state index contributed by atoms with van der Waals surface area (Å²) < 4.78 is 67.6. The lowest BCUT2D eigenvalue weighted by atomic mass is 10.3. The van der Waals surface area contributed by atoms with Crippen molar-refractivity contribution in [3.8, 4) is 5.75 Å². The zero-order valence-electron chi connectivity index (χ0n) is 11.2. The maximum atomic E-state index is 13.6. The first-order valence-corrected chi connectivity index (χ1v) is 7.72. The first kappa shape index (κ1) is 16.1. The quantitative estimate of drug-likeness (QED) is 0.910. The number of nitrogens with zero attached hydrogens (tertiary/aromatic N) is 1. The van der Waals surface area contributed by atoms with Gasteiger partial charge in [-0.15, -0.1) is 0 Å². The number of piperazine rings is 1. The number of ether oxygens (including phenoxy) is 1. The van der Waals surface area contributed by atoms with Gasteiger partial charge in [-0.1, -0.05) is 0 Å². The summed E-state index contributed by atoms with van der Waals surface area (Å²) in [7, 11) is -3.85. The lowest BCUT2D eigenvalue weighted by molar-refractivity contribution is -0.0522. The van der Waals surface area contributed by atoms with Gasteiger partial charge in [0.2, 0.25) is 10.0 Å². The van der Waals surface area contributed by atoms with E-state index in [1.165, 1.54) is 4.31 Å². The number of benzene rings is 1. The number of hydrogen-bond donors (Lipinski definition) is 1. The van der Waals surface area contributed by atoms with Gasteiger partial charge < -0.3 is 10.1 Å². The van der Waals surface area contributed by atoms with E-state index in [0.717, 1.165) is 12.1 Å². The van der Waals surface area contributed by atoms with Crippen LogP contribution in [0.4, 0.5) is 13.2 Å². The van der Waals surface area contributed by atoms with E-state index in [4.69, 9.17) is 0 Å². The minimum atomic E-state index is -3.85. The third-order valence-electron chi connectivity index (χ3n) is 3.09. The molecule has 5 nitrogen and oxygen atoms in total. The Bertz CT molecular complexity index is 610. The third kappa shape index (κ3) is 3.66. The number of rotatable bonds is 4. The fourth-order valence-corrected chi connectivity index (χ4v) is 3.64. The van der Waals surface area contributed by atoms with Crippen molar-refractivity contribution in [3.05, 3.63) is 24.0 Å². The summed E-state index contributed by atoms with van der Waals surface area (Å²) in [6.07, 6.45) is 0. The Hall–Kier alpha value is -1.32. The molecule has 118 valence electrons. The second-order valence-corrected chi connectivity index (χ2v) is 6.63. The molecule has 1 aromatic rings. The smallest absolute Gasteiger partial charge is 0.387 e. The normalized spacial score (nSPS) is 20.7. The number of alkyl halides is 2. The van der Waals surface area contributed by atoms with Gasteiger partial charge >= 0.3 is 6.61 Å². The summed E-state index contributed by atoms with van der Waals surface area (Å²) in [4.78, 5) is -0.282. The van der Waals surface area contributed by atoms with Crippen molar-refractivity contribution < 1.29 is 26.3 Å². The molecule has 0 aromatic heterocycles. The molecule has 9 heteroatoms. The van der Waals surface area contributed by atoms with Crippen molar-refractivity contribution in [3.63, 3.8) is 0 Å². The third-order valence-corrected chi connectivity index (χ3v) is 4.95. The van der Waals surface area contributed by atoms with Crippen LogP contribution >= 0.6 is 0 Å². The molecule has 1 N–H and O–H groups in total. The second kappa shape index (κ2) is 6.20. The van der Waals surface area contributed by atoms with Gasteiger partial charge in [-0.3, -0.25) is 0 Å². The molecule has 1 aromatic carbocycles. The number of nitrogens with one attached hydrogen (secondary N) is 1. The molecular formula is C12H15F3N2O3S. The molecule has 1 fully saturated rings. The Morgan fingerprint density at radius 3 is 2.71 bits per heavy atom. The SMILES string of the molecule is C[C@H]1CN(S(=O)(=O)c2ccc(OC(F)F)c(F)c2)CCN1. The maximum Gasteiger partial charge on any atom is 0.387 e. The van der Waals surface area contributed by atoms with Gasteiger partial charge in [0.05, 0.1) is 4.90 Å². The van der Waals surface area contributed by atoms with Gasteiger partial charge in [0.15, 0.2) is 11.6 Å². The minimum Gasteiger partial charge on any atom is -0.432 e. The van der Waals surface area contributed by atoms with Crippen LogP contribution in [0, 0.1) is 5.82 Å². The van der Waals surface area contributed by atoms with Crippen molar-refractivity contribution >= 4 is 10.0 Å². The molecule has 0 radical (unpaired) electrons. The molecular weight excluding hydrogens is 309 g/mol. The highest BCUT2D eigenvalue weighted by Crippen LogP contribution is 2.25. The number of hydrogen-bond acceptors (Lipinski definition) is 4. The predicted molar refractivity (Wildman–Crippen MR) is 69.3 cm³/mol. The van der Waals surface area contributed by atoms with Crippen LogP contribution in [0.5, 0.6) is 5.75 Å². The van der Waals surface area contributed by atoms with Gasteiger partial charge in [0, 0.05) is 25.7 Å². The fraction of sp³-hybridized carbons (Fsp3) is 0.500. The van der Waals surface area contributed by atoms with Crippen molar-refractivity contribution in [2.75, 3.05) is 19.6 Å². The summed E-state index contributed by atoms with van der Waals surface area (Å²) in [5.74, 6) is -1.82. The van der Waals surface area contributed by atoms with Crippen LogP contribution in [0.25, 0.3) is 0 Å². The summed E-state index contributed by atoms with van der Waals surface area (Å²) >= 11 is 0. The molecule has 1 saturated heterocycles. The molecule has 1 heterocycles. The highest BCUT2D eigenvalue weighted by atomic mass is 32.2. The molecule has 0 unspecified atom stereocenters. The summed E-state index contributed by atoms with van der Waals surface area (Å²) in [6, 6.07) is 2.63. The molecule has 0 spiro atoms. The van der Waals surface area contributed by atoms with E-state index in [2.05, 4.69) is 10.1 Å². The van der Waals surface area contributed by atoms with E-state index in [9.17, 15) is 21.6 Å². The minimum absolute atomic E-state index is 0.0141. The topological polar surface area (TPSA) is 58.6 Å². The number of sulfonamides is 1. The highest BCUT2D eigenvalue weighted by molar-refractivity contribution is 7.89. The van der Waals surface area contributed by atoms with E-state index < -0.39 is 28.2 Å². The molecule has 21 heavy (non-hydrogen) atoms. The van der Waals surface area contributed by atoms with Gasteiger partial charge in [-0.25, -0.2) is 12.8 Å². The molecule has 1 aliphatic rings. The van der Waals surface area contributed by atoms with Gasteiger partial charge in [-0.05, 0) is 25.1 Å². The van der Waals surface area contributed by atoms with Crippen LogP contribution in [-0.4, -0.2) is 45.0 Å². The Balaban J connectivity index is 2.26. The molecule has 0 bridgehead atoms. The van der Waals surface area contributed by atoms with Crippen LogP contribution in [0.2, 0.25) is 0 Å². The van der Waals surface area contributed by atoms with E-state index in [0.29, 0.717) is 12.6 Å². The summed E-state index contributed by atoms with van der Waals surface area (Å²) in [5.41, 5.74) is 0. The van der Waals surface area contributed by atoms with Crippen LogP contribution in [0.1, 0.15) is 6.92 Å². The zero-order valence-corrected chi connectivity index (χ0v) is 12.0. The molecule has 2 rings (SSSR count). The monoisotopic (exact) mass is 324 g/mol. The summed E-state index contributed by atoms with van der Waals surface area (Å²) in [6.45, 7) is -0.309. The van der Waals surface area contributed by atoms with Gasteiger partial charge in [0.1, 0.15) is 0 Å².